The lowest BCUT2D eigenvalue weighted by atomic mass is 9.77. The van der Waals surface area contributed by atoms with Crippen LogP contribution in [0.4, 0.5) is 0 Å². The minimum absolute atomic E-state index is 0.102. The van der Waals surface area contributed by atoms with Gasteiger partial charge in [-0.3, -0.25) is 9.78 Å². The summed E-state index contributed by atoms with van der Waals surface area (Å²) in [6.07, 6.45) is 7.10. The number of carbonyl (C=O) groups is 1. The van der Waals surface area contributed by atoms with E-state index in [1.165, 1.54) is 5.57 Å². The van der Waals surface area contributed by atoms with Crippen LogP contribution < -0.4 is 10.1 Å². The summed E-state index contributed by atoms with van der Waals surface area (Å²) in [5, 5.41) is 12.8. The van der Waals surface area contributed by atoms with E-state index in [0.29, 0.717) is 11.0 Å². The molecule has 1 aromatic heterocycles. The smallest absolute Gasteiger partial charge is 0.253 e. The van der Waals surface area contributed by atoms with Crippen molar-refractivity contribution in [2.45, 2.75) is 46.1 Å². The molecule has 5 nitrogen and oxygen atoms in total. The van der Waals surface area contributed by atoms with Crippen molar-refractivity contribution in [3.8, 4) is 5.75 Å². The van der Waals surface area contributed by atoms with E-state index in [9.17, 15) is 4.79 Å². The Hall–Kier alpha value is -2.40. The van der Waals surface area contributed by atoms with Crippen molar-refractivity contribution in [2.75, 3.05) is 13.7 Å². The van der Waals surface area contributed by atoms with E-state index < -0.39 is 0 Å². The van der Waals surface area contributed by atoms with Gasteiger partial charge in [0.25, 0.3) is 5.91 Å². The van der Waals surface area contributed by atoms with Gasteiger partial charge in [-0.25, -0.2) is 0 Å². The number of methoxy groups -OCH3 is 1. The molecule has 0 aliphatic heterocycles. The highest BCUT2D eigenvalue weighted by atomic mass is 16.5. The second-order valence-electron chi connectivity index (χ2n) is 8.13. The number of allylic oxidation sites excluding steroid dienone is 2. The van der Waals surface area contributed by atoms with Gasteiger partial charge in [0.1, 0.15) is 5.75 Å². The van der Waals surface area contributed by atoms with Crippen molar-refractivity contribution < 1.29 is 14.6 Å². The van der Waals surface area contributed by atoms with Crippen LogP contribution in [-0.4, -0.2) is 35.8 Å². The molecule has 27 heavy (non-hydrogen) atoms. The topological polar surface area (TPSA) is 71.5 Å². The molecule has 0 spiro atoms. The maximum atomic E-state index is 12.4. The molecular weight excluding hydrogens is 340 g/mol. The second-order valence-corrected chi connectivity index (χ2v) is 8.13. The predicted octanol–water partition coefficient (Wildman–Crippen LogP) is 3.95. The van der Waals surface area contributed by atoms with Crippen LogP contribution in [-0.2, 0) is 0 Å². The summed E-state index contributed by atoms with van der Waals surface area (Å²) in [6.45, 7) is 6.24. The molecular formula is C22H28N2O3. The molecule has 1 aliphatic carbocycles. The number of pyridine rings is 1. The van der Waals surface area contributed by atoms with Gasteiger partial charge < -0.3 is 15.2 Å². The van der Waals surface area contributed by atoms with Crippen LogP contribution >= 0.6 is 0 Å². The third-order valence-electron chi connectivity index (χ3n) is 5.22. The van der Waals surface area contributed by atoms with Gasteiger partial charge in [0.05, 0.1) is 24.8 Å². The number of aromatic nitrogens is 1. The fraction of sp³-hybridized carbons (Fsp3) is 0.455. The fourth-order valence-corrected chi connectivity index (χ4v) is 3.38. The van der Waals surface area contributed by atoms with Gasteiger partial charge in [-0.2, -0.15) is 0 Å². The average Bonchev–Trinajstić information content (AvgIpc) is 2.66. The van der Waals surface area contributed by atoms with Crippen molar-refractivity contribution in [1.82, 2.24) is 10.3 Å². The normalized spacial score (nSPS) is 17.3. The summed E-state index contributed by atoms with van der Waals surface area (Å²) in [5.41, 5.74) is 4.06. The van der Waals surface area contributed by atoms with Gasteiger partial charge >= 0.3 is 0 Å². The van der Waals surface area contributed by atoms with Gasteiger partial charge in [-0.05, 0) is 55.4 Å². The third kappa shape index (κ3) is 4.30. The fourth-order valence-electron chi connectivity index (χ4n) is 3.38. The van der Waals surface area contributed by atoms with E-state index in [2.05, 4.69) is 30.2 Å². The van der Waals surface area contributed by atoms with Crippen molar-refractivity contribution in [3.05, 3.63) is 41.6 Å². The van der Waals surface area contributed by atoms with Crippen LogP contribution in [0, 0.1) is 5.41 Å². The summed E-state index contributed by atoms with van der Waals surface area (Å²) in [4.78, 5) is 17.0. The molecule has 0 unspecified atom stereocenters. The van der Waals surface area contributed by atoms with Crippen molar-refractivity contribution in [1.29, 1.82) is 0 Å². The Morgan fingerprint density at radius 2 is 2.15 bits per heavy atom. The first-order chi connectivity index (χ1) is 12.8. The lowest BCUT2D eigenvalue weighted by molar-refractivity contribution is 0.0922. The number of benzene rings is 1. The first kappa shape index (κ1) is 19.4. The maximum Gasteiger partial charge on any atom is 0.253 e. The average molecular weight is 368 g/mol. The van der Waals surface area contributed by atoms with Gasteiger partial charge in [-0.15, -0.1) is 0 Å². The molecule has 1 amide bonds. The number of nitrogens with one attached hydrogen (secondary N) is 1. The number of hydrogen-bond acceptors (Lipinski definition) is 4. The van der Waals surface area contributed by atoms with Gasteiger partial charge in [0.2, 0.25) is 0 Å². The van der Waals surface area contributed by atoms with Crippen molar-refractivity contribution in [2.24, 2.45) is 5.41 Å². The zero-order valence-electron chi connectivity index (χ0n) is 16.5. The lowest BCUT2D eigenvalue weighted by Crippen LogP contribution is -2.35. The van der Waals surface area contributed by atoms with Crippen LogP contribution in [0.5, 0.6) is 5.75 Å². The SMILES string of the molecule is COc1cc(C2=CCC(C)(C)CC2)c2ncc(C(=O)N[C@H](C)CO)cc2c1. The molecule has 1 aromatic carbocycles. The summed E-state index contributed by atoms with van der Waals surface area (Å²) in [5.74, 6) is 0.514. The highest BCUT2D eigenvalue weighted by Crippen LogP contribution is 2.40. The highest BCUT2D eigenvalue weighted by Gasteiger charge is 2.23. The molecule has 3 rings (SSSR count). The summed E-state index contributed by atoms with van der Waals surface area (Å²) in [7, 11) is 1.65. The standard InChI is InChI=1S/C22H28N2O3/c1-14(13-25)24-21(26)17-9-16-10-18(27-4)11-19(20(16)23-12-17)15-5-7-22(2,3)8-6-15/h5,9-12,14,25H,6-8,13H2,1-4H3,(H,24,26)/t14-/m1/s1. The molecule has 1 atom stereocenters. The molecule has 0 fully saturated rings. The van der Waals surface area contributed by atoms with Crippen LogP contribution in [0.15, 0.2) is 30.5 Å². The Kier molecular flexibility index (Phi) is 5.51. The van der Waals surface area contributed by atoms with E-state index in [-0.39, 0.29) is 18.6 Å². The molecule has 5 heteroatoms. The zero-order chi connectivity index (χ0) is 19.6. The Bertz CT molecular complexity index is 887. The summed E-state index contributed by atoms with van der Waals surface area (Å²) >= 11 is 0. The van der Waals surface area contributed by atoms with E-state index >= 15 is 0 Å². The van der Waals surface area contributed by atoms with Crippen LogP contribution in [0.2, 0.25) is 0 Å². The van der Waals surface area contributed by atoms with Crippen LogP contribution in [0.1, 0.15) is 56.0 Å². The maximum absolute atomic E-state index is 12.4. The van der Waals surface area contributed by atoms with Gasteiger partial charge in [-0.1, -0.05) is 19.9 Å². The molecule has 2 aromatic rings. The molecule has 0 radical (unpaired) electrons. The van der Waals surface area contributed by atoms with E-state index in [4.69, 9.17) is 9.84 Å². The summed E-state index contributed by atoms with van der Waals surface area (Å²) in [6, 6.07) is 5.48. The Balaban J connectivity index is 2.03. The molecule has 2 N–H and O–H groups in total. The molecule has 144 valence electrons. The molecule has 1 heterocycles. The number of aliphatic hydroxyl groups is 1. The molecule has 0 bridgehead atoms. The zero-order valence-corrected chi connectivity index (χ0v) is 16.5. The highest BCUT2D eigenvalue weighted by molar-refractivity contribution is 6.00. The predicted molar refractivity (Wildman–Crippen MR) is 108 cm³/mol. The lowest BCUT2D eigenvalue weighted by Gasteiger charge is -2.29. The van der Waals surface area contributed by atoms with Gasteiger partial charge in [0, 0.05) is 23.2 Å². The van der Waals surface area contributed by atoms with E-state index in [1.54, 1.807) is 20.2 Å². The Morgan fingerprint density at radius 3 is 2.78 bits per heavy atom. The monoisotopic (exact) mass is 368 g/mol. The van der Waals surface area contributed by atoms with Crippen molar-refractivity contribution >= 4 is 22.4 Å². The van der Waals surface area contributed by atoms with E-state index in [1.807, 2.05) is 18.2 Å². The summed E-state index contributed by atoms with van der Waals surface area (Å²) < 4.78 is 5.49. The number of carbonyl (C=O) groups excluding carboxylic acids is 1. The molecule has 0 saturated carbocycles. The number of aliphatic hydroxyl groups excluding tert-OH is 1. The largest absolute Gasteiger partial charge is 0.497 e. The number of amides is 1. The Morgan fingerprint density at radius 1 is 1.37 bits per heavy atom. The Labute approximate surface area is 160 Å². The third-order valence-corrected chi connectivity index (χ3v) is 5.22. The minimum Gasteiger partial charge on any atom is -0.497 e. The van der Waals surface area contributed by atoms with E-state index in [0.717, 1.165) is 41.5 Å². The number of fused-ring (bicyclic) bond motifs is 1. The van der Waals surface area contributed by atoms with Crippen LogP contribution in [0.25, 0.3) is 16.5 Å². The molecule has 0 saturated heterocycles. The number of hydrogen-bond donors (Lipinski definition) is 2. The first-order valence-electron chi connectivity index (χ1n) is 9.42. The first-order valence-corrected chi connectivity index (χ1v) is 9.42. The number of ether oxygens (including phenoxy) is 1. The van der Waals surface area contributed by atoms with Crippen molar-refractivity contribution in [3.63, 3.8) is 0 Å². The molecule has 1 aliphatic rings. The quantitative estimate of drug-likeness (QED) is 0.838. The van der Waals surface area contributed by atoms with Gasteiger partial charge in [0.15, 0.2) is 0 Å². The second kappa shape index (κ2) is 7.69. The number of rotatable bonds is 5. The number of nitrogens with zero attached hydrogens (tertiary/aromatic N) is 1. The minimum atomic E-state index is -0.301. The van der Waals surface area contributed by atoms with Crippen LogP contribution in [0.3, 0.4) is 0 Å².